The molecule has 9 nitrogen and oxygen atoms in total. The number of nitrogens with one attached hydrogen (secondary N) is 1. The molecule has 1 unspecified atom stereocenters. The lowest BCUT2D eigenvalue weighted by molar-refractivity contribution is -0.130. The van der Waals surface area contributed by atoms with Crippen LogP contribution in [0, 0.1) is 0 Å². The number of carbonyl (C=O) groups excluding carboxylic acids is 1. The standard InChI is InChI=1S/C24H26N6O3/c1-15(31)29-14-18(32)12-20(29)24-27-22(21-13-26-23-19(30(21)24)6-7-25-23)16-2-4-17(5-3-16)28-8-10-33-11-9-28/h2-7,13,18,20,25,32H,8-12,14H2,1H3/t18-,20?/m1/s1. The van der Waals surface area contributed by atoms with Gasteiger partial charge in [0.15, 0.2) is 5.65 Å². The molecule has 0 aliphatic carbocycles. The Balaban J connectivity index is 1.48. The molecule has 33 heavy (non-hydrogen) atoms. The number of benzene rings is 1. The number of carbonyl (C=O) groups is 1. The highest BCUT2D eigenvalue weighted by Gasteiger charge is 2.37. The van der Waals surface area contributed by atoms with Crippen LogP contribution in [0.25, 0.3) is 27.9 Å². The van der Waals surface area contributed by atoms with Crippen LogP contribution >= 0.6 is 0 Å². The van der Waals surface area contributed by atoms with Crippen molar-refractivity contribution < 1.29 is 14.6 Å². The smallest absolute Gasteiger partial charge is 0.220 e. The summed E-state index contributed by atoms with van der Waals surface area (Å²) in [7, 11) is 0. The molecule has 3 aromatic heterocycles. The first kappa shape index (κ1) is 20.2. The zero-order valence-corrected chi connectivity index (χ0v) is 18.4. The van der Waals surface area contributed by atoms with Crippen molar-refractivity contribution in [3.63, 3.8) is 0 Å². The van der Waals surface area contributed by atoms with Gasteiger partial charge in [0.2, 0.25) is 5.91 Å². The molecule has 0 spiro atoms. The molecule has 1 aromatic carbocycles. The summed E-state index contributed by atoms with van der Waals surface area (Å²) in [6.45, 7) is 5.12. The van der Waals surface area contributed by atoms with Crippen molar-refractivity contribution in [2.75, 3.05) is 37.7 Å². The number of ether oxygens (including phenoxy) is 1. The van der Waals surface area contributed by atoms with E-state index in [1.165, 1.54) is 5.69 Å². The van der Waals surface area contributed by atoms with Gasteiger partial charge in [-0.3, -0.25) is 9.20 Å². The third kappa shape index (κ3) is 3.35. The molecule has 2 saturated heterocycles. The number of nitrogens with zero attached hydrogens (tertiary/aromatic N) is 5. The number of H-pyrrole nitrogens is 1. The van der Waals surface area contributed by atoms with Gasteiger partial charge in [-0.1, -0.05) is 12.1 Å². The summed E-state index contributed by atoms with van der Waals surface area (Å²) in [5.41, 5.74) is 5.50. The van der Waals surface area contributed by atoms with Crippen molar-refractivity contribution in [1.82, 2.24) is 24.3 Å². The van der Waals surface area contributed by atoms with Gasteiger partial charge in [-0.2, -0.15) is 0 Å². The van der Waals surface area contributed by atoms with Crippen LogP contribution in [0.1, 0.15) is 25.2 Å². The van der Waals surface area contributed by atoms with E-state index >= 15 is 0 Å². The summed E-state index contributed by atoms with van der Waals surface area (Å²) < 4.78 is 7.54. The van der Waals surface area contributed by atoms with Crippen LogP contribution in [0.4, 0.5) is 5.69 Å². The van der Waals surface area contributed by atoms with Crippen molar-refractivity contribution in [2.24, 2.45) is 0 Å². The average molecular weight is 447 g/mol. The van der Waals surface area contributed by atoms with E-state index in [2.05, 4.69) is 43.5 Å². The summed E-state index contributed by atoms with van der Waals surface area (Å²) in [6.07, 6.45) is 3.57. The highest BCUT2D eigenvalue weighted by atomic mass is 16.5. The normalized spacial score (nSPS) is 21.4. The number of fused-ring (bicyclic) bond motifs is 3. The molecule has 9 heteroatoms. The van der Waals surface area contributed by atoms with Crippen molar-refractivity contribution in [3.05, 3.63) is 48.5 Å². The Kier molecular flexibility index (Phi) is 4.81. The van der Waals surface area contributed by atoms with E-state index in [-0.39, 0.29) is 11.9 Å². The van der Waals surface area contributed by atoms with Crippen LogP contribution < -0.4 is 4.90 Å². The number of hydrogen-bond acceptors (Lipinski definition) is 6. The second-order valence-electron chi connectivity index (χ2n) is 8.73. The molecule has 5 heterocycles. The average Bonchev–Trinajstić information content (AvgIpc) is 3.55. The molecule has 0 bridgehead atoms. The highest BCUT2D eigenvalue weighted by molar-refractivity contribution is 5.85. The minimum Gasteiger partial charge on any atom is -0.391 e. The molecular formula is C24H26N6O3. The number of morpholine rings is 1. The maximum Gasteiger partial charge on any atom is 0.220 e. The number of rotatable bonds is 3. The van der Waals surface area contributed by atoms with Crippen molar-refractivity contribution in [3.8, 4) is 11.3 Å². The second kappa shape index (κ2) is 7.86. The monoisotopic (exact) mass is 446 g/mol. The van der Waals surface area contributed by atoms with Crippen molar-refractivity contribution in [2.45, 2.75) is 25.5 Å². The van der Waals surface area contributed by atoms with E-state index in [0.717, 1.165) is 60.1 Å². The summed E-state index contributed by atoms with van der Waals surface area (Å²) in [6, 6.07) is 10.1. The zero-order chi connectivity index (χ0) is 22.5. The van der Waals surface area contributed by atoms with E-state index in [1.807, 2.05) is 18.5 Å². The predicted molar refractivity (Wildman–Crippen MR) is 124 cm³/mol. The second-order valence-corrected chi connectivity index (χ2v) is 8.73. The lowest BCUT2D eigenvalue weighted by atomic mass is 10.1. The fraction of sp³-hybridized carbons (Fsp3) is 0.375. The lowest BCUT2D eigenvalue weighted by Gasteiger charge is -2.28. The molecule has 2 aliphatic rings. The number of aliphatic hydroxyl groups is 1. The maximum absolute atomic E-state index is 12.3. The van der Waals surface area contributed by atoms with Crippen LogP contribution in [0.2, 0.25) is 0 Å². The van der Waals surface area contributed by atoms with E-state index in [4.69, 9.17) is 9.72 Å². The first-order chi connectivity index (χ1) is 16.1. The molecular weight excluding hydrogens is 420 g/mol. The Morgan fingerprint density at radius 2 is 1.94 bits per heavy atom. The first-order valence-corrected chi connectivity index (χ1v) is 11.3. The van der Waals surface area contributed by atoms with Crippen LogP contribution in [-0.4, -0.2) is 74.2 Å². The predicted octanol–water partition coefficient (Wildman–Crippen LogP) is 2.37. The quantitative estimate of drug-likeness (QED) is 0.501. The number of hydrogen-bond donors (Lipinski definition) is 2. The van der Waals surface area contributed by atoms with Gasteiger partial charge in [-0.05, 0) is 18.2 Å². The van der Waals surface area contributed by atoms with E-state index in [0.29, 0.717) is 13.0 Å². The van der Waals surface area contributed by atoms with Gasteiger partial charge in [0.25, 0.3) is 0 Å². The Bertz CT molecular complexity index is 1320. The number of aromatic nitrogens is 4. The Labute approximate surface area is 190 Å². The zero-order valence-electron chi connectivity index (χ0n) is 18.4. The van der Waals surface area contributed by atoms with Gasteiger partial charge in [0.05, 0.1) is 48.3 Å². The largest absolute Gasteiger partial charge is 0.391 e. The molecule has 1 amide bonds. The van der Waals surface area contributed by atoms with E-state index in [1.54, 1.807) is 11.8 Å². The molecule has 6 rings (SSSR count). The van der Waals surface area contributed by atoms with Crippen LogP contribution in [0.15, 0.2) is 42.7 Å². The fourth-order valence-electron chi connectivity index (χ4n) is 5.08. The molecule has 4 aromatic rings. The van der Waals surface area contributed by atoms with Crippen LogP contribution in [0.3, 0.4) is 0 Å². The molecule has 0 saturated carbocycles. The molecule has 2 aliphatic heterocycles. The first-order valence-electron chi connectivity index (χ1n) is 11.3. The number of imidazole rings is 1. The van der Waals surface area contributed by atoms with Gasteiger partial charge >= 0.3 is 0 Å². The minimum absolute atomic E-state index is 0.0657. The Morgan fingerprint density at radius 1 is 1.15 bits per heavy atom. The Hall–Kier alpha value is -3.43. The fourth-order valence-corrected chi connectivity index (χ4v) is 5.08. The Morgan fingerprint density at radius 3 is 2.70 bits per heavy atom. The lowest BCUT2D eigenvalue weighted by Crippen LogP contribution is -2.36. The summed E-state index contributed by atoms with van der Waals surface area (Å²) in [5.74, 6) is 0.681. The summed E-state index contributed by atoms with van der Waals surface area (Å²) >= 11 is 0. The number of amides is 1. The molecule has 2 fully saturated rings. The number of aliphatic hydroxyl groups excluding tert-OH is 1. The maximum atomic E-state index is 12.3. The molecule has 2 atom stereocenters. The molecule has 170 valence electrons. The number of aromatic amines is 1. The van der Waals surface area contributed by atoms with Gasteiger partial charge in [0.1, 0.15) is 5.82 Å². The van der Waals surface area contributed by atoms with Gasteiger partial charge in [0, 0.05) is 50.4 Å². The number of β-amino-alcohol motifs (C(OH)–C–C–N with tert-alkyl or cyclic N) is 1. The third-order valence-electron chi connectivity index (χ3n) is 6.70. The van der Waals surface area contributed by atoms with Crippen LogP contribution in [0.5, 0.6) is 0 Å². The van der Waals surface area contributed by atoms with Gasteiger partial charge < -0.3 is 24.6 Å². The van der Waals surface area contributed by atoms with E-state index < -0.39 is 6.10 Å². The summed E-state index contributed by atoms with van der Waals surface area (Å²) in [5, 5.41) is 10.3. The molecule has 2 N–H and O–H groups in total. The molecule has 0 radical (unpaired) electrons. The highest BCUT2D eigenvalue weighted by Crippen LogP contribution is 2.37. The summed E-state index contributed by atoms with van der Waals surface area (Å²) in [4.78, 5) is 29.2. The third-order valence-corrected chi connectivity index (χ3v) is 6.70. The topological polar surface area (TPSA) is 99.0 Å². The minimum atomic E-state index is -0.564. The van der Waals surface area contributed by atoms with Gasteiger partial charge in [-0.25, -0.2) is 9.97 Å². The van der Waals surface area contributed by atoms with Gasteiger partial charge in [-0.15, -0.1) is 0 Å². The van der Waals surface area contributed by atoms with Crippen LogP contribution in [-0.2, 0) is 9.53 Å². The SMILES string of the molecule is CC(=O)N1C[C@H](O)CC1c1nc(-c2ccc(N3CCOCC3)cc2)c2cnc3[nH]ccc3n12. The number of likely N-dealkylation sites (tertiary alicyclic amines) is 1. The van der Waals surface area contributed by atoms with Crippen molar-refractivity contribution in [1.29, 1.82) is 0 Å². The number of anilines is 1. The van der Waals surface area contributed by atoms with E-state index in [9.17, 15) is 9.90 Å². The van der Waals surface area contributed by atoms with Crippen molar-refractivity contribution >= 4 is 28.3 Å².